The van der Waals surface area contributed by atoms with Crippen LogP contribution >= 0.6 is 0 Å². The summed E-state index contributed by atoms with van der Waals surface area (Å²) in [6.45, 7) is 3.80. The Morgan fingerprint density at radius 1 is 1.12 bits per heavy atom. The lowest BCUT2D eigenvalue weighted by molar-refractivity contribution is -0.121. The minimum absolute atomic E-state index is 0.0802. The van der Waals surface area contributed by atoms with Crippen LogP contribution in [0.1, 0.15) is 18.1 Å². The first-order valence-electron chi connectivity index (χ1n) is 8.73. The quantitative estimate of drug-likeness (QED) is 0.711. The van der Waals surface area contributed by atoms with Gasteiger partial charge in [0.15, 0.2) is 0 Å². The number of likely N-dealkylation sites (N-methyl/N-ethyl adjacent to an activating group) is 1. The summed E-state index contributed by atoms with van der Waals surface area (Å²) in [5, 5.41) is 2.89. The Labute approximate surface area is 156 Å². The summed E-state index contributed by atoms with van der Waals surface area (Å²) in [7, 11) is -1.76. The molecule has 2 aromatic rings. The van der Waals surface area contributed by atoms with Gasteiger partial charge in [-0.2, -0.15) is 4.31 Å². The van der Waals surface area contributed by atoms with Crippen molar-refractivity contribution in [3.05, 3.63) is 65.7 Å². The number of nitrogens with zero attached hydrogens (tertiary/aromatic N) is 1. The zero-order chi connectivity index (χ0) is 19.2. The number of hydrogen-bond acceptors (Lipinski definition) is 3. The maximum absolute atomic E-state index is 12.7. The van der Waals surface area contributed by atoms with E-state index in [9.17, 15) is 13.2 Å². The maximum atomic E-state index is 12.7. The van der Waals surface area contributed by atoms with Gasteiger partial charge in [0.2, 0.25) is 15.9 Å². The molecule has 0 aliphatic carbocycles. The van der Waals surface area contributed by atoms with E-state index < -0.39 is 10.0 Å². The topological polar surface area (TPSA) is 66.5 Å². The molecule has 2 aromatic carbocycles. The van der Waals surface area contributed by atoms with Crippen LogP contribution in [0, 0.1) is 6.92 Å². The maximum Gasteiger partial charge on any atom is 0.243 e. The van der Waals surface area contributed by atoms with Crippen molar-refractivity contribution in [2.75, 3.05) is 13.1 Å². The smallest absolute Gasteiger partial charge is 0.243 e. The molecule has 1 atom stereocenters. The molecule has 0 saturated heterocycles. The van der Waals surface area contributed by atoms with Gasteiger partial charge >= 0.3 is 0 Å². The molecule has 0 spiro atoms. The summed E-state index contributed by atoms with van der Waals surface area (Å²) >= 11 is 0. The van der Waals surface area contributed by atoms with Crippen molar-refractivity contribution in [1.29, 1.82) is 0 Å². The molecule has 0 heterocycles. The standard InChI is InChI=1S/C19H25BN2O3S/c1-3-22(26(24,25)17-7-5-4-6-8-17)14-19(23)21-18(20)13-16-11-9-15(2)10-12-16/h4-12,18H,3,13-14,20H2,1-2H3,(H,21,23)/t18-/m0/s1. The molecule has 5 nitrogen and oxygen atoms in total. The van der Waals surface area contributed by atoms with Crippen molar-refractivity contribution in [1.82, 2.24) is 9.62 Å². The number of benzene rings is 2. The third-order valence-electron chi connectivity index (χ3n) is 4.12. The first kappa shape index (κ1) is 20.2. The predicted molar refractivity (Wildman–Crippen MR) is 106 cm³/mol. The minimum Gasteiger partial charge on any atom is -0.360 e. The molecule has 0 radical (unpaired) electrons. The van der Waals surface area contributed by atoms with Gasteiger partial charge in [-0.1, -0.05) is 55.0 Å². The highest BCUT2D eigenvalue weighted by atomic mass is 32.2. The van der Waals surface area contributed by atoms with E-state index in [4.69, 9.17) is 0 Å². The van der Waals surface area contributed by atoms with E-state index in [0.29, 0.717) is 6.42 Å². The van der Waals surface area contributed by atoms with Crippen molar-refractivity contribution < 1.29 is 13.2 Å². The zero-order valence-corrected chi connectivity index (χ0v) is 16.3. The molecule has 2 rings (SSSR count). The van der Waals surface area contributed by atoms with Gasteiger partial charge < -0.3 is 5.32 Å². The van der Waals surface area contributed by atoms with E-state index in [1.807, 2.05) is 39.0 Å². The first-order chi connectivity index (χ1) is 12.3. The van der Waals surface area contributed by atoms with Crippen molar-refractivity contribution in [2.45, 2.75) is 31.1 Å². The lowest BCUT2D eigenvalue weighted by atomic mass is 9.89. The summed E-state index contributed by atoms with van der Waals surface area (Å²) in [6, 6.07) is 16.3. The van der Waals surface area contributed by atoms with Crippen LogP contribution in [0.25, 0.3) is 0 Å². The van der Waals surface area contributed by atoms with Crippen LogP contribution < -0.4 is 5.32 Å². The zero-order valence-electron chi connectivity index (χ0n) is 15.5. The highest BCUT2D eigenvalue weighted by molar-refractivity contribution is 7.89. The third kappa shape index (κ3) is 5.44. The molecule has 138 valence electrons. The van der Waals surface area contributed by atoms with Gasteiger partial charge in [-0.05, 0) is 31.0 Å². The molecule has 0 aromatic heterocycles. The van der Waals surface area contributed by atoms with E-state index in [1.165, 1.54) is 22.0 Å². The minimum atomic E-state index is -3.67. The van der Waals surface area contributed by atoms with Crippen LogP contribution in [0.3, 0.4) is 0 Å². The normalized spacial score (nSPS) is 12.7. The summed E-state index contributed by atoms with van der Waals surface area (Å²) in [5.74, 6) is -0.380. The molecule has 0 bridgehead atoms. The molecule has 26 heavy (non-hydrogen) atoms. The molecule has 0 aliphatic rings. The van der Waals surface area contributed by atoms with Gasteiger partial charge in [0.1, 0.15) is 7.85 Å². The largest absolute Gasteiger partial charge is 0.360 e. The Kier molecular flexibility index (Phi) is 7.00. The third-order valence-corrected chi connectivity index (χ3v) is 6.06. The lowest BCUT2D eigenvalue weighted by Gasteiger charge is -2.21. The molecule has 0 unspecified atom stereocenters. The predicted octanol–water partition coefficient (Wildman–Crippen LogP) is 1.32. The Morgan fingerprint density at radius 3 is 2.31 bits per heavy atom. The number of hydrogen-bond donors (Lipinski definition) is 1. The van der Waals surface area contributed by atoms with Gasteiger partial charge in [0.25, 0.3) is 0 Å². The second-order valence-electron chi connectivity index (χ2n) is 6.40. The van der Waals surface area contributed by atoms with Crippen LogP contribution in [-0.4, -0.2) is 45.5 Å². The lowest BCUT2D eigenvalue weighted by Crippen LogP contribution is -2.45. The van der Waals surface area contributed by atoms with Crippen LogP contribution in [0.5, 0.6) is 0 Å². The van der Waals surface area contributed by atoms with Crippen LogP contribution in [0.2, 0.25) is 0 Å². The van der Waals surface area contributed by atoms with Gasteiger partial charge in [-0.25, -0.2) is 8.42 Å². The molecule has 1 amide bonds. The fourth-order valence-electron chi connectivity index (χ4n) is 2.72. The SMILES string of the molecule is B[C@H](Cc1ccc(C)cc1)NC(=O)CN(CC)S(=O)(=O)c1ccccc1. The fraction of sp³-hybridized carbons (Fsp3) is 0.316. The Morgan fingerprint density at radius 2 is 1.73 bits per heavy atom. The second kappa shape index (κ2) is 9.01. The van der Waals surface area contributed by atoms with Crippen molar-refractivity contribution in [3.63, 3.8) is 0 Å². The molecule has 0 aliphatic heterocycles. The van der Waals surface area contributed by atoms with E-state index in [1.54, 1.807) is 25.1 Å². The van der Waals surface area contributed by atoms with E-state index in [2.05, 4.69) is 5.32 Å². The summed E-state index contributed by atoms with van der Waals surface area (Å²) < 4.78 is 26.5. The molecular weight excluding hydrogens is 347 g/mol. The average molecular weight is 372 g/mol. The number of sulfonamides is 1. The molecule has 0 fully saturated rings. The monoisotopic (exact) mass is 372 g/mol. The van der Waals surface area contributed by atoms with E-state index >= 15 is 0 Å². The number of amides is 1. The number of rotatable bonds is 8. The average Bonchev–Trinajstić information content (AvgIpc) is 2.62. The summed E-state index contributed by atoms with van der Waals surface area (Å²) in [5.41, 5.74) is 2.32. The first-order valence-corrected chi connectivity index (χ1v) is 10.2. The van der Waals surface area contributed by atoms with Crippen molar-refractivity contribution in [2.24, 2.45) is 0 Å². The van der Waals surface area contributed by atoms with Crippen molar-refractivity contribution in [3.8, 4) is 0 Å². The van der Waals surface area contributed by atoms with Crippen LogP contribution in [0.4, 0.5) is 0 Å². The van der Waals surface area contributed by atoms with Gasteiger partial charge in [0, 0.05) is 12.5 Å². The Hall–Kier alpha value is -2.12. The van der Waals surface area contributed by atoms with Crippen LogP contribution in [0.15, 0.2) is 59.5 Å². The number of nitrogens with one attached hydrogen (secondary N) is 1. The van der Waals surface area contributed by atoms with Crippen LogP contribution in [-0.2, 0) is 21.2 Å². The molecule has 0 saturated carbocycles. The highest BCUT2D eigenvalue weighted by Gasteiger charge is 2.25. The van der Waals surface area contributed by atoms with E-state index in [-0.39, 0.29) is 29.8 Å². The van der Waals surface area contributed by atoms with Gasteiger partial charge in [0.05, 0.1) is 11.4 Å². The Balaban J connectivity index is 1.97. The number of carbonyl (C=O) groups is 1. The number of aryl methyl sites for hydroxylation is 1. The Bertz CT molecular complexity index is 824. The fourth-order valence-corrected chi connectivity index (χ4v) is 4.14. The highest BCUT2D eigenvalue weighted by Crippen LogP contribution is 2.14. The number of carbonyl (C=O) groups excluding carboxylic acids is 1. The van der Waals surface area contributed by atoms with E-state index in [0.717, 1.165) is 5.56 Å². The van der Waals surface area contributed by atoms with Crippen molar-refractivity contribution >= 4 is 23.8 Å². The molecular formula is C19H25BN2O3S. The second-order valence-corrected chi connectivity index (χ2v) is 8.34. The molecule has 7 heteroatoms. The van der Waals surface area contributed by atoms with Gasteiger partial charge in [-0.3, -0.25) is 4.79 Å². The summed E-state index contributed by atoms with van der Waals surface area (Å²) in [4.78, 5) is 12.5. The molecule has 1 N–H and O–H groups in total. The summed E-state index contributed by atoms with van der Waals surface area (Å²) in [6.07, 6.45) is 0.698. The van der Waals surface area contributed by atoms with Gasteiger partial charge in [-0.15, -0.1) is 0 Å².